The van der Waals surface area contributed by atoms with Gasteiger partial charge >= 0.3 is 0 Å². The fraction of sp³-hybridized carbons (Fsp3) is 0.231. The standard InChI is InChI=1S/C13H14O3/c1-15-9-10-5-2-3-6-11(10)13(14)12-7-4-8-16-12/h2-8,13-14H,9H2,1H3. The van der Waals surface area contributed by atoms with Crippen molar-refractivity contribution < 1.29 is 14.3 Å². The number of rotatable bonds is 4. The van der Waals surface area contributed by atoms with E-state index < -0.39 is 6.10 Å². The molecule has 0 aliphatic carbocycles. The van der Waals surface area contributed by atoms with E-state index in [2.05, 4.69) is 0 Å². The maximum absolute atomic E-state index is 10.1. The third-order valence-corrected chi connectivity index (χ3v) is 2.46. The molecule has 0 amide bonds. The van der Waals surface area contributed by atoms with Crippen molar-refractivity contribution in [1.82, 2.24) is 0 Å². The summed E-state index contributed by atoms with van der Waals surface area (Å²) in [5.41, 5.74) is 1.79. The van der Waals surface area contributed by atoms with Crippen molar-refractivity contribution in [3.63, 3.8) is 0 Å². The summed E-state index contributed by atoms with van der Waals surface area (Å²) in [5.74, 6) is 0.545. The third kappa shape index (κ3) is 2.15. The van der Waals surface area contributed by atoms with Gasteiger partial charge in [-0.2, -0.15) is 0 Å². The first-order chi connectivity index (χ1) is 7.83. The first-order valence-corrected chi connectivity index (χ1v) is 5.11. The van der Waals surface area contributed by atoms with Crippen LogP contribution in [0.15, 0.2) is 47.1 Å². The quantitative estimate of drug-likeness (QED) is 0.857. The van der Waals surface area contributed by atoms with Crippen LogP contribution >= 0.6 is 0 Å². The molecule has 1 unspecified atom stereocenters. The lowest BCUT2D eigenvalue weighted by Crippen LogP contribution is -2.03. The fourth-order valence-corrected chi connectivity index (χ4v) is 1.69. The number of methoxy groups -OCH3 is 1. The molecule has 1 heterocycles. The molecule has 0 radical (unpaired) electrons. The van der Waals surface area contributed by atoms with Crippen molar-refractivity contribution in [3.8, 4) is 0 Å². The average Bonchev–Trinajstić information content (AvgIpc) is 2.83. The Bertz CT molecular complexity index is 434. The van der Waals surface area contributed by atoms with Crippen molar-refractivity contribution in [2.45, 2.75) is 12.7 Å². The van der Waals surface area contributed by atoms with Crippen LogP contribution in [0.2, 0.25) is 0 Å². The van der Waals surface area contributed by atoms with Gasteiger partial charge in [0.25, 0.3) is 0 Å². The topological polar surface area (TPSA) is 42.6 Å². The summed E-state index contributed by atoms with van der Waals surface area (Å²) in [6.07, 6.45) is 0.818. The first kappa shape index (κ1) is 10.9. The predicted octanol–water partition coefficient (Wildman–Crippen LogP) is 2.51. The van der Waals surface area contributed by atoms with E-state index in [9.17, 15) is 5.11 Å². The van der Waals surface area contributed by atoms with E-state index in [0.29, 0.717) is 12.4 Å². The van der Waals surface area contributed by atoms with Crippen molar-refractivity contribution in [3.05, 3.63) is 59.5 Å². The predicted molar refractivity (Wildman–Crippen MR) is 59.9 cm³/mol. The Kier molecular flexibility index (Phi) is 3.39. The number of hydrogen-bond donors (Lipinski definition) is 1. The molecule has 0 spiro atoms. The van der Waals surface area contributed by atoms with Crippen molar-refractivity contribution in [2.75, 3.05) is 7.11 Å². The van der Waals surface area contributed by atoms with Crippen LogP contribution in [-0.2, 0) is 11.3 Å². The third-order valence-electron chi connectivity index (χ3n) is 2.46. The molecule has 1 atom stereocenters. The summed E-state index contributed by atoms with van der Waals surface area (Å²) in [6, 6.07) is 11.1. The highest BCUT2D eigenvalue weighted by Gasteiger charge is 2.16. The lowest BCUT2D eigenvalue weighted by molar-refractivity contribution is 0.168. The summed E-state index contributed by atoms with van der Waals surface area (Å²) in [5, 5.41) is 10.1. The Morgan fingerprint density at radius 1 is 1.25 bits per heavy atom. The number of hydrogen-bond acceptors (Lipinski definition) is 3. The van der Waals surface area contributed by atoms with Gasteiger partial charge in [-0.05, 0) is 23.3 Å². The van der Waals surface area contributed by atoms with Gasteiger partial charge in [-0.15, -0.1) is 0 Å². The van der Waals surface area contributed by atoms with Gasteiger partial charge < -0.3 is 14.3 Å². The number of aliphatic hydroxyl groups is 1. The van der Waals surface area contributed by atoms with Crippen molar-refractivity contribution >= 4 is 0 Å². The highest BCUT2D eigenvalue weighted by molar-refractivity contribution is 5.32. The monoisotopic (exact) mass is 218 g/mol. The lowest BCUT2D eigenvalue weighted by atomic mass is 10.0. The minimum absolute atomic E-state index is 0.480. The van der Waals surface area contributed by atoms with Gasteiger partial charge in [0.2, 0.25) is 0 Å². The Balaban J connectivity index is 2.32. The zero-order chi connectivity index (χ0) is 11.4. The number of aliphatic hydroxyl groups excluding tert-OH is 1. The zero-order valence-corrected chi connectivity index (χ0v) is 9.09. The summed E-state index contributed by atoms with van der Waals surface area (Å²) in [4.78, 5) is 0. The molecule has 1 aromatic carbocycles. The summed E-state index contributed by atoms with van der Waals surface area (Å²) in [7, 11) is 1.63. The normalized spacial score (nSPS) is 12.6. The molecular formula is C13H14O3. The number of furan rings is 1. The molecule has 2 aromatic rings. The Labute approximate surface area is 94.3 Å². The number of benzene rings is 1. The molecule has 0 saturated carbocycles. The van der Waals surface area contributed by atoms with E-state index in [1.807, 2.05) is 24.3 Å². The van der Waals surface area contributed by atoms with Gasteiger partial charge in [0.15, 0.2) is 0 Å². The molecule has 0 bridgehead atoms. The SMILES string of the molecule is COCc1ccccc1C(O)c1ccco1. The molecule has 1 aromatic heterocycles. The molecule has 0 aliphatic heterocycles. The Morgan fingerprint density at radius 2 is 2.06 bits per heavy atom. The van der Waals surface area contributed by atoms with Gasteiger partial charge in [0.1, 0.15) is 11.9 Å². The van der Waals surface area contributed by atoms with Gasteiger partial charge in [-0.3, -0.25) is 0 Å². The largest absolute Gasteiger partial charge is 0.466 e. The molecule has 0 fully saturated rings. The first-order valence-electron chi connectivity index (χ1n) is 5.11. The fourth-order valence-electron chi connectivity index (χ4n) is 1.69. The molecular weight excluding hydrogens is 204 g/mol. The minimum Gasteiger partial charge on any atom is -0.466 e. The molecule has 3 heteroatoms. The van der Waals surface area contributed by atoms with Crippen molar-refractivity contribution in [1.29, 1.82) is 0 Å². The van der Waals surface area contributed by atoms with Crippen LogP contribution in [0, 0.1) is 0 Å². The Hall–Kier alpha value is -1.58. The van der Waals surface area contributed by atoms with Crippen LogP contribution < -0.4 is 0 Å². The average molecular weight is 218 g/mol. The minimum atomic E-state index is -0.735. The molecule has 16 heavy (non-hydrogen) atoms. The van der Waals surface area contributed by atoms with Gasteiger partial charge in [-0.25, -0.2) is 0 Å². The summed E-state index contributed by atoms with van der Waals surface area (Å²) in [6.45, 7) is 0.480. The maximum atomic E-state index is 10.1. The van der Waals surface area contributed by atoms with E-state index in [1.54, 1.807) is 25.5 Å². The number of ether oxygens (including phenoxy) is 1. The highest BCUT2D eigenvalue weighted by Crippen LogP contribution is 2.25. The van der Waals surface area contributed by atoms with Crippen LogP contribution in [0.1, 0.15) is 23.0 Å². The van der Waals surface area contributed by atoms with E-state index in [1.165, 1.54) is 0 Å². The second-order valence-electron chi connectivity index (χ2n) is 3.55. The van der Waals surface area contributed by atoms with E-state index >= 15 is 0 Å². The van der Waals surface area contributed by atoms with Crippen LogP contribution in [0.3, 0.4) is 0 Å². The zero-order valence-electron chi connectivity index (χ0n) is 9.09. The van der Waals surface area contributed by atoms with E-state index in [4.69, 9.17) is 9.15 Å². The van der Waals surface area contributed by atoms with Crippen LogP contribution in [0.25, 0.3) is 0 Å². The molecule has 3 nitrogen and oxygen atoms in total. The van der Waals surface area contributed by atoms with E-state index in [-0.39, 0.29) is 0 Å². The van der Waals surface area contributed by atoms with Crippen LogP contribution in [-0.4, -0.2) is 12.2 Å². The summed E-state index contributed by atoms with van der Waals surface area (Å²) < 4.78 is 10.3. The molecule has 84 valence electrons. The molecule has 0 saturated heterocycles. The Morgan fingerprint density at radius 3 is 2.75 bits per heavy atom. The van der Waals surface area contributed by atoms with Crippen molar-refractivity contribution in [2.24, 2.45) is 0 Å². The smallest absolute Gasteiger partial charge is 0.137 e. The van der Waals surface area contributed by atoms with Crippen LogP contribution in [0.4, 0.5) is 0 Å². The maximum Gasteiger partial charge on any atom is 0.137 e. The second kappa shape index (κ2) is 4.96. The van der Waals surface area contributed by atoms with Crippen LogP contribution in [0.5, 0.6) is 0 Å². The van der Waals surface area contributed by atoms with Gasteiger partial charge in [-0.1, -0.05) is 24.3 Å². The molecule has 1 N–H and O–H groups in total. The lowest BCUT2D eigenvalue weighted by Gasteiger charge is -2.13. The van der Waals surface area contributed by atoms with Gasteiger partial charge in [0, 0.05) is 7.11 Å². The highest BCUT2D eigenvalue weighted by atomic mass is 16.5. The van der Waals surface area contributed by atoms with Gasteiger partial charge in [0.05, 0.1) is 12.9 Å². The summed E-state index contributed by atoms with van der Waals surface area (Å²) >= 11 is 0. The molecule has 2 rings (SSSR count). The second-order valence-corrected chi connectivity index (χ2v) is 3.55. The van der Waals surface area contributed by atoms with E-state index in [0.717, 1.165) is 11.1 Å². The molecule has 0 aliphatic rings.